The van der Waals surface area contributed by atoms with Gasteiger partial charge in [0.25, 0.3) is 0 Å². The van der Waals surface area contributed by atoms with Crippen molar-refractivity contribution in [1.29, 1.82) is 0 Å². The standard InChI is InChI=1S/C15H11BrF2OS/c16-14-7-10(4-5-15(14)18)6-12(19)9-20-13-3-1-2-11(17)8-13/h1-5,7-8H,6,9H2. The second-order valence-electron chi connectivity index (χ2n) is 4.21. The zero-order chi connectivity index (χ0) is 14.5. The second-order valence-corrected chi connectivity index (χ2v) is 6.11. The molecule has 0 saturated carbocycles. The van der Waals surface area contributed by atoms with Crippen LogP contribution < -0.4 is 0 Å². The maximum atomic E-state index is 13.1. The minimum absolute atomic E-state index is 0.0118. The summed E-state index contributed by atoms with van der Waals surface area (Å²) in [5.74, 6) is -0.392. The zero-order valence-corrected chi connectivity index (χ0v) is 12.8. The Hall–Kier alpha value is -1.20. The zero-order valence-electron chi connectivity index (χ0n) is 10.4. The lowest BCUT2D eigenvalue weighted by molar-refractivity contribution is -0.116. The lowest BCUT2D eigenvalue weighted by Gasteiger charge is -2.03. The molecule has 0 unspecified atom stereocenters. The van der Waals surface area contributed by atoms with Gasteiger partial charge in [-0.2, -0.15) is 0 Å². The Kier molecular flexibility index (Phi) is 5.31. The summed E-state index contributed by atoms with van der Waals surface area (Å²) in [6.45, 7) is 0. The Labute approximate surface area is 128 Å². The van der Waals surface area contributed by atoms with Crippen LogP contribution in [-0.4, -0.2) is 11.5 Å². The lowest BCUT2D eigenvalue weighted by Crippen LogP contribution is -2.05. The van der Waals surface area contributed by atoms with Gasteiger partial charge in [-0.05, 0) is 51.8 Å². The highest BCUT2D eigenvalue weighted by Crippen LogP contribution is 2.20. The van der Waals surface area contributed by atoms with Crippen molar-refractivity contribution in [2.45, 2.75) is 11.3 Å². The molecule has 0 aliphatic rings. The molecular formula is C15H11BrF2OS. The van der Waals surface area contributed by atoms with E-state index < -0.39 is 0 Å². The van der Waals surface area contributed by atoms with Crippen molar-refractivity contribution in [1.82, 2.24) is 0 Å². The Morgan fingerprint density at radius 1 is 1.15 bits per heavy atom. The highest BCUT2D eigenvalue weighted by atomic mass is 79.9. The van der Waals surface area contributed by atoms with Gasteiger partial charge in [0.05, 0.1) is 10.2 Å². The van der Waals surface area contributed by atoms with Crippen LogP contribution in [0.2, 0.25) is 0 Å². The highest BCUT2D eigenvalue weighted by molar-refractivity contribution is 9.10. The first-order valence-electron chi connectivity index (χ1n) is 5.88. The Morgan fingerprint density at radius 2 is 1.95 bits per heavy atom. The number of Topliss-reactive ketones (excluding diaryl/α,β-unsaturated/α-hetero) is 1. The van der Waals surface area contributed by atoms with E-state index in [0.29, 0.717) is 4.47 Å². The lowest BCUT2D eigenvalue weighted by atomic mass is 10.1. The monoisotopic (exact) mass is 356 g/mol. The summed E-state index contributed by atoms with van der Waals surface area (Å²) in [5.41, 5.74) is 0.753. The van der Waals surface area contributed by atoms with Gasteiger partial charge >= 0.3 is 0 Å². The summed E-state index contributed by atoms with van der Waals surface area (Å²) in [5, 5.41) is 0. The first kappa shape index (κ1) is 15.2. The topological polar surface area (TPSA) is 17.1 Å². The number of halogens is 3. The minimum Gasteiger partial charge on any atom is -0.298 e. The van der Waals surface area contributed by atoms with Crippen molar-refractivity contribution in [3.8, 4) is 0 Å². The maximum absolute atomic E-state index is 13.1. The minimum atomic E-state index is -0.352. The molecule has 0 spiro atoms. The first-order chi connectivity index (χ1) is 9.54. The van der Waals surface area contributed by atoms with Crippen molar-refractivity contribution < 1.29 is 13.6 Å². The molecule has 0 N–H and O–H groups in total. The second kappa shape index (κ2) is 6.99. The van der Waals surface area contributed by atoms with Crippen molar-refractivity contribution in [3.63, 3.8) is 0 Å². The van der Waals surface area contributed by atoms with Crippen LogP contribution in [0.15, 0.2) is 51.8 Å². The molecule has 0 radical (unpaired) electrons. The van der Waals surface area contributed by atoms with Crippen LogP contribution in [0.1, 0.15) is 5.56 Å². The summed E-state index contributed by atoms with van der Waals surface area (Å²) in [6, 6.07) is 10.6. The molecular weight excluding hydrogens is 346 g/mol. The SMILES string of the molecule is O=C(CSc1cccc(F)c1)Cc1ccc(F)c(Br)c1. The van der Waals surface area contributed by atoms with Crippen molar-refractivity contribution in [2.24, 2.45) is 0 Å². The molecule has 104 valence electrons. The van der Waals surface area contributed by atoms with E-state index in [9.17, 15) is 13.6 Å². The van der Waals surface area contributed by atoms with Gasteiger partial charge in [0.2, 0.25) is 0 Å². The first-order valence-corrected chi connectivity index (χ1v) is 7.66. The molecule has 0 fully saturated rings. The molecule has 0 heterocycles. The van der Waals surface area contributed by atoms with E-state index >= 15 is 0 Å². The van der Waals surface area contributed by atoms with E-state index in [0.717, 1.165) is 10.5 Å². The predicted molar refractivity (Wildman–Crippen MR) is 79.9 cm³/mol. The van der Waals surface area contributed by atoms with Gasteiger partial charge in [0.1, 0.15) is 17.4 Å². The van der Waals surface area contributed by atoms with Crippen LogP contribution in [0.3, 0.4) is 0 Å². The third-order valence-corrected chi connectivity index (χ3v) is 4.24. The Balaban J connectivity index is 1.91. The number of ketones is 1. The van der Waals surface area contributed by atoms with Crippen LogP contribution in [-0.2, 0) is 11.2 Å². The van der Waals surface area contributed by atoms with Gasteiger partial charge in [0.15, 0.2) is 0 Å². The van der Waals surface area contributed by atoms with Gasteiger partial charge in [-0.1, -0.05) is 12.1 Å². The van der Waals surface area contributed by atoms with Crippen molar-refractivity contribution in [2.75, 3.05) is 5.75 Å². The highest BCUT2D eigenvalue weighted by Gasteiger charge is 2.07. The van der Waals surface area contributed by atoms with E-state index in [-0.39, 0.29) is 29.6 Å². The molecule has 0 bridgehead atoms. The number of thioether (sulfide) groups is 1. The van der Waals surface area contributed by atoms with E-state index in [1.54, 1.807) is 24.3 Å². The third kappa shape index (κ3) is 4.42. The summed E-state index contributed by atoms with van der Waals surface area (Å²) < 4.78 is 26.4. The summed E-state index contributed by atoms with van der Waals surface area (Å²) >= 11 is 4.38. The molecule has 0 aromatic heterocycles. The smallest absolute Gasteiger partial charge is 0.147 e. The molecule has 0 aliphatic carbocycles. The fourth-order valence-electron chi connectivity index (χ4n) is 1.65. The quantitative estimate of drug-likeness (QED) is 0.726. The fraction of sp³-hybridized carbons (Fsp3) is 0.133. The maximum Gasteiger partial charge on any atom is 0.147 e. The van der Waals surface area contributed by atoms with Gasteiger partial charge in [-0.15, -0.1) is 11.8 Å². The van der Waals surface area contributed by atoms with Crippen molar-refractivity contribution in [3.05, 3.63) is 64.1 Å². The van der Waals surface area contributed by atoms with Crippen LogP contribution >= 0.6 is 27.7 Å². The summed E-state index contributed by atoms with van der Waals surface area (Å²) in [7, 11) is 0. The molecule has 2 rings (SSSR count). The molecule has 5 heteroatoms. The van der Waals surface area contributed by atoms with E-state index in [1.807, 2.05) is 0 Å². The number of carbonyl (C=O) groups is 1. The number of carbonyl (C=O) groups excluding carboxylic acids is 1. The largest absolute Gasteiger partial charge is 0.298 e. The van der Waals surface area contributed by atoms with Crippen LogP contribution in [0, 0.1) is 11.6 Å². The molecule has 20 heavy (non-hydrogen) atoms. The Bertz CT molecular complexity index is 631. The molecule has 0 atom stereocenters. The number of hydrogen-bond acceptors (Lipinski definition) is 2. The molecule has 2 aromatic carbocycles. The van der Waals surface area contributed by atoms with E-state index in [4.69, 9.17) is 0 Å². The normalized spacial score (nSPS) is 10.6. The summed E-state index contributed by atoms with van der Waals surface area (Å²) in [4.78, 5) is 12.6. The van der Waals surface area contributed by atoms with Crippen LogP contribution in [0.4, 0.5) is 8.78 Å². The molecule has 2 aromatic rings. The van der Waals surface area contributed by atoms with Gasteiger partial charge in [-0.3, -0.25) is 4.79 Å². The van der Waals surface area contributed by atoms with E-state index in [1.165, 1.54) is 30.0 Å². The fourth-order valence-corrected chi connectivity index (χ4v) is 2.88. The number of benzene rings is 2. The van der Waals surface area contributed by atoms with Crippen LogP contribution in [0.25, 0.3) is 0 Å². The molecule has 0 aliphatic heterocycles. The average molecular weight is 357 g/mol. The van der Waals surface area contributed by atoms with Gasteiger partial charge in [0, 0.05) is 11.3 Å². The summed E-state index contributed by atoms with van der Waals surface area (Å²) in [6.07, 6.45) is 0.237. The van der Waals surface area contributed by atoms with Crippen molar-refractivity contribution >= 4 is 33.5 Å². The molecule has 1 nitrogen and oxygen atoms in total. The predicted octanol–water partition coefficient (Wildman–Crippen LogP) is 4.63. The Morgan fingerprint density at radius 3 is 2.65 bits per heavy atom. The van der Waals surface area contributed by atoms with Crippen LogP contribution in [0.5, 0.6) is 0 Å². The van der Waals surface area contributed by atoms with Gasteiger partial charge in [-0.25, -0.2) is 8.78 Å². The van der Waals surface area contributed by atoms with Gasteiger partial charge < -0.3 is 0 Å². The number of hydrogen-bond donors (Lipinski definition) is 0. The number of rotatable bonds is 5. The van der Waals surface area contributed by atoms with E-state index in [2.05, 4.69) is 15.9 Å². The average Bonchev–Trinajstić information content (AvgIpc) is 2.41. The molecule has 0 saturated heterocycles. The molecule has 0 amide bonds. The third-order valence-electron chi connectivity index (χ3n) is 2.58.